The molecule has 1 aliphatic heterocycles. The zero-order chi connectivity index (χ0) is 21.2. The van der Waals surface area contributed by atoms with E-state index in [0.717, 1.165) is 42.9 Å². The maximum absolute atomic E-state index is 12.7. The molecule has 7 heteroatoms. The van der Waals surface area contributed by atoms with Gasteiger partial charge in [0.2, 0.25) is 11.9 Å². The lowest BCUT2D eigenvalue weighted by molar-refractivity contribution is -0.137. The number of fused-ring (bicyclic) bond motifs is 1. The number of carbonyl (C=O) groups excluding carboxylic acids is 1. The minimum absolute atomic E-state index is 0.311. The van der Waals surface area contributed by atoms with Crippen LogP contribution in [0.2, 0.25) is 0 Å². The van der Waals surface area contributed by atoms with Gasteiger partial charge in [-0.3, -0.25) is 9.89 Å². The third kappa shape index (κ3) is 4.31. The van der Waals surface area contributed by atoms with Gasteiger partial charge in [-0.15, -0.1) is 0 Å². The van der Waals surface area contributed by atoms with Gasteiger partial charge in [-0.1, -0.05) is 25.5 Å². The van der Waals surface area contributed by atoms with E-state index in [1.54, 1.807) is 18.6 Å². The van der Waals surface area contributed by atoms with Crippen molar-refractivity contribution in [3.8, 4) is 11.3 Å². The summed E-state index contributed by atoms with van der Waals surface area (Å²) in [6.45, 7) is 4.04. The Hall–Kier alpha value is -3.22. The van der Waals surface area contributed by atoms with Crippen LogP contribution in [0.4, 0.5) is 11.6 Å². The predicted molar refractivity (Wildman–Crippen MR) is 120 cm³/mol. The number of hydrogen-bond acceptors (Lipinski definition) is 5. The van der Waals surface area contributed by atoms with E-state index in [-0.39, 0.29) is 0 Å². The normalized spacial score (nSPS) is 18.7. The van der Waals surface area contributed by atoms with Gasteiger partial charge in [-0.05, 0) is 54.4 Å². The van der Waals surface area contributed by atoms with E-state index in [2.05, 4.69) is 50.6 Å². The number of aryl methyl sites for hydroxylation is 1. The number of H-pyrrole nitrogens is 1. The Kier molecular flexibility index (Phi) is 5.40. The van der Waals surface area contributed by atoms with Crippen molar-refractivity contribution in [2.75, 3.05) is 18.4 Å². The largest absolute Gasteiger partial charge is 0.342 e. The lowest BCUT2D eigenvalue weighted by Crippen LogP contribution is -2.48. The van der Waals surface area contributed by atoms with Gasteiger partial charge in [0.25, 0.3) is 0 Å². The highest BCUT2D eigenvalue weighted by Crippen LogP contribution is 2.36. The van der Waals surface area contributed by atoms with Crippen LogP contribution in [0.15, 0.2) is 42.9 Å². The molecule has 0 bridgehead atoms. The van der Waals surface area contributed by atoms with Crippen LogP contribution in [0.1, 0.15) is 49.7 Å². The third-order valence-corrected chi connectivity index (χ3v) is 6.38. The van der Waals surface area contributed by atoms with Crippen molar-refractivity contribution in [3.05, 3.63) is 54.0 Å². The van der Waals surface area contributed by atoms with Gasteiger partial charge in [-0.2, -0.15) is 5.10 Å². The van der Waals surface area contributed by atoms with Gasteiger partial charge in [0, 0.05) is 37.5 Å². The van der Waals surface area contributed by atoms with Crippen LogP contribution >= 0.6 is 0 Å². The molecule has 0 radical (unpaired) electrons. The molecule has 160 valence electrons. The summed E-state index contributed by atoms with van der Waals surface area (Å²) in [7, 11) is 0. The average molecular weight is 417 g/mol. The van der Waals surface area contributed by atoms with Crippen LogP contribution in [0.5, 0.6) is 0 Å². The van der Waals surface area contributed by atoms with Crippen molar-refractivity contribution in [2.24, 2.45) is 5.92 Å². The lowest BCUT2D eigenvalue weighted by atomic mass is 9.87. The molecule has 2 aromatic heterocycles. The van der Waals surface area contributed by atoms with Crippen molar-refractivity contribution in [3.63, 3.8) is 0 Å². The third-order valence-electron chi connectivity index (χ3n) is 6.38. The maximum Gasteiger partial charge on any atom is 0.227 e. The Labute approximate surface area is 182 Å². The van der Waals surface area contributed by atoms with Gasteiger partial charge in [-0.25, -0.2) is 9.97 Å². The summed E-state index contributed by atoms with van der Waals surface area (Å²) >= 11 is 0. The molecule has 3 heterocycles. The Morgan fingerprint density at radius 3 is 2.97 bits per heavy atom. The van der Waals surface area contributed by atoms with Crippen molar-refractivity contribution in [1.82, 2.24) is 25.1 Å². The van der Waals surface area contributed by atoms with Gasteiger partial charge in [0.15, 0.2) is 0 Å². The van der Waals surface area contributed by atoms with E-state index in [9.17, 15) is 4.79 Å². The second kappa shape index (κ2) is 8.49. The summed E-state index contributed by atoms with van der Waals surface area (Å²) in [5, 5.41) is 9.87. The fourth-order valence-electron chi connectivity index (χ4n) is 4.72. The quantitative estimate of drug-likeness (QED) is 0.606. The number of carbonyl (C=O) groups is 1. The van der Waals surface area contributed by atoms with Crippen LogP contribution in [0.25, 0.3) is 11.3 Å². The standard InChI is InChI=1S/C24H28N6O/c1-16-14-30(15-16)23(31)11-18-5-3-2-4-17-10-19(6-7-21(17)18)22-8-9-25-24(29-22)28-20-12-26-27-13-20/h6-10,12-13,16,18H,2-5,11,14-15H2,1H3,(H,26,27)(H,25,28,29)/t18-/m0/s1. The minimum atomic E-state index is 0.311. The summed E-state index contributed by atoms with van der Waals surface area (Å²) in [6, 6.07) is 8.55. The molecule has 1 aromatic carbocycles. The molecule has 1 amide bonds. The molecule has 5 rings (SSSR count). The number of anilines is 2. The monoisotopic (exact) mass is 416 g/mol. The molecule has 1 aliphatic carbocycles. The highest BCUT2D eigenvalue weighted by atomic mass is 16.2. The topological polar surface area (TPSA) is 86.8 Å². The molecule has 2 N–H and O–H groups in total. The first-order valence-electron chi connectivity index (χ1n) is 11.2. The van der Waals surface area contributed by atoms with Crippen molar-refractivity contribution in [1.29, 1.82) is 0 Å². The number of hydrogen-bond donors (Lipinski definition) is 2. The summed E-state index contributed by atoms with van der Waals surface area (Å²) in [4.78, 5) is 23.7. The SMILES string of the molecule is CC1CN(C(=O)C[C@@H]2CCCCc3cc(-c4ccnc(Nc5cn[nH]c5)n4)ccc32)C1. The number of amides is 1. The van der Waals surface area contributed by atoms with E-state index in [1.165, 1.54) is 24.0 Å². The van der Waals surface area contributed by atoms with E-state index in [0.29, 0.717) is 30.1 Å². The Bertz CT molecular complexity index is 1060. The van der Waals surface area contributed by atoms with Gasteiger partial charge < -0.3 is 10.2 Å². The highest BCUT2D eigenvalue weighted by Gasteiger charge is 2.30. The summed E-state index contributed by atoms with van der Waals surface area (Å²) < 4.78 is 0. The number of likely N-dealkylation sites (tertiary alicyclic amines) is 1. The molecule has 7 nitrogen and oxygen atoms in total. The molecular weight excluding hydrogens is 388 g/mol. The van der Waals surface area contributed by atoms with Crippen molar-refractivity contribution >= 4 is 17.5 Å². The maximum atomic E-state index is 12.7. The van der Waals surface area contributed by atoms with Gasteiger partial charge in [0.05, 0.1) is 17.6 Å². The smallest absolute Gasteiger partial charge is 0.227 e. The summed E-state index contributed by atoms with van der Waals surface area (Å²) in [5.41, 5.74) is 5.49. The van der Waals surface area contributed by atoms with Crippen LogP contribution in [0.3, 0.4) is 0 Å². The fourth-order valence-corrected chi connectivity index (χ4v) is 4.72. The molecule has 31 heavy (non-hydrogen) atoms. The Balaban J connectivity index is 1.37. The van der Waals surface area contributed by atoms with Crippen molar-refractivity contribution < 1.29 is 4.79 Å². The molecule has 1 atom stereocenters. The number of aromatic amines is 1. The molecule has 1 fully saturated rings. The number of nitrogens with one attached hydrogen (secondary N) is 2. The van der Waals surface area contributed by atoms with Gasteiger partial charge in [0.1, 0.15) is 0 Å². The Morgan fingerprint density at radius 2 is 2.16 bits per heavy atom. The molecule has 3 aromatic rings. The van der Waals surface area contributed by atoms with E-state index in [1.807, 2.05) is 11.0 Å². The van der Waals surface area contributed by atoms with Crippen LogP contribution in [-0.2, 0) is 11.2 Å². The molecule has 0 saturated carbocycles. The van der Waals surface area contributed by atoms with Crippen LogP contribution in [-0.4, -0.2) is 44.1 Å². The molecule has 1 saturated heterocycles. The summed E-state index contributed by atoms with van der Waals surface area (Å²) in [5.74, 6) is 1.82. The number of nitrogens with zero attached hydrogens (tertiary/aromatic N) is 4. The Morgan fingerprint density at radius 1 is 1.26 bits per heavy atom. The highest BCUT2D eigenvalue weighted by molar-refractivity contribution is 5.78. The minimum Gasteiger partial charge on any atom is -0.342 e. The number of benzene rings is 1. The molecule has 2 aliphatic rings. The zero-order valence-electron chi connectivity index (χ0n) is 17.8. The van der Waals surface area contributed by atoms with E-state index < -0.39 is 0 Å². The molecular formula is C24H28N6O. The van der Waals surface area contributed by atoms with Gasteiger partial charge >= 0.3 is 0 Å². The molecule has 0 unspecified atom stereocenters. The fraction of sp³-hybridized carbons (Fsp3) is 0.417. The lowest BCUT2D eigenvalue weighted by Gasteiger charge is -2.38. The predicted octanol–water partition coefficient (Wildman–Crippen LogP) is 4.29. The van der Waals surface area contributed by atoms with Crippen LogP contribution in [0, 0.1) is 5.92 Å². The first kappa shape index (κ1) is 19.7. The number of rotatable bonds is 5. The van der Waals surface area contributed by atoms with E-state index >= 15 is 0 Å². The second-order valence-electron chi connectivity index (χ2n) is 8.84. The van der Waals surface area contributed by atoms with Crippen LogP contribution < -0.4 is 5.32 Å². The zero-order valence-corrected chi connectivity index (χ0v) is 17.8. The first-order valence-corrected chi connectivity index (χ1v) is 11.2. The average Bonchev–Trinajstić information content (AvgIpc) is 3.18. The first-order chi connectivity index (χ1) is 15.2. The van der Waals surface area contributed by atoms with E-state index in [4.69, 9.17) is 0 Å². The number of aromatic nitrogens is 4. The second-order valence-corrected chi connectivity index (χ2v) is 8.84. The molecule has 0 spiro atoms. The van der Waals surface area contributed by atoms with Crippen molar-refractivity contribution in [2.45, 2.75) is 44.9 Å². The summed E-state index contributed by atoms with van der Waals surface area (Å²) in [6.07, 6.45) is 10.3.